The second-order valence-corrected chi connectivity index (χ2v) is 4.71. The number of methoxy groups -OCH3 is 1. The molecule has 0 atom stereocenters. The van der Waals surface area contributed by atoms with E-state index in [-0.39, 0.29) is 24.8 Å². The normalized spacial score (nSPS) is 12.3. The molecule has 1 heterocycles. The highest BCUT2D eigenvalue weighted by atomic mass is 35.5. The number of rotatable bonds is 3. The molecule has 0 aliphatic carbocycles. The first-order chi connectivity index (χ1) is 9.36. The molecule has 0 fully saturated rings. The van der Waals surface area contributed by atoms with Crippen LogP contribution < -0.4 is 15.0 Å². The van der Waals surface area contributed by atoms with Gasteiger partial charge in [-0.2, -0.15) is 0 Å². The number of fused-ring (bicyclic) bond motifs is 1. The largest absolute Gasteiger partial charge is 0.497 e. The van der Waals surface area contributed by atoms with Gasteiger partial charge in [0.05, 0.1) is 18.5 Å². The maximum Gasteiger partial charge on any atom is 0.118 e. The van der Waals surface area contributed by atoms with E-state index in [1.807, 2.05) is 12.1 Å². The quantitative estimate of drug-likeness (QED) is 0.923. The van der Waals surface area contributed by atoms with Gasteiger partial charge < -0.3 is 15.0 Å². The highest BCUT2D eigenvalue weighted by molar-refractivity contribution is 5.85. The van der Waals surface area contributed by atoms with Crippen molar-refractivity contribution in [3.8, 4) is 5.75 Å². The van der Waals surface area contributed by atoms with Gasteiger partial charge >= 0.3 is 0 Å². The molecule has 3 nitrogen and oxygen atoms in total. The summed E-state index contributed by atoms with van der Waals surface area (Å²) in [4.78, 5) is 2.41. The molecule has 0 spiro atoms. The van der Waals surface area contributed by atoms with E-state index in [2.05, 4.69) is 46.6 Å². The van der Waals surface area contributed by atoms with E-state index in [0.717, 1.165) is 25.4 Å². The SMILES string of the molecule is COc1ccc(CN2CCNc3ccccc32)cc1.Cl.Cl. The molecule has 21 heavy (non-hydrogen) atoms. The number of nitrogens with one attached hydrogen (secondary N) is 1. The number of halogens is 2. The summed E-state index contributed by atoms with van der Waals surface area (Å²) in [5, 5.41) is 3.43. The maximum absolute atomic E-state index is 5.19. The first kappa shape index (κ1) is 17.5. The average molecular weight is 327 g/mol. The Balaban J connectivity index is 0.00000110. The predicted molar refractivity (Wildman–Crippen MR) is 93.5 cm³/mol. The van der Waals surface area contributed by atoms with Crippen LogP contribution in [0.5, 0.6) is 5.75 Å². The number of ether oxygens (including phenoxy) is 1. The topological polar surface area (TPSA) is 24.5 Å². The first-order valence-corrected chi connectivity index (χ1v) is 6.57. The zero-order valence-corrected chi connectivity index (χ0v) is 13.5. The maximum atomic E-state index is 5.19. The van der Waals surface area contributed by atoms with E-state index in [0.29, 0.717) is 0 Å². The van der Waals surface area contributed by atoms with Gasteiger partial charge in [-0.15, -0.1) is 24.8 Å². The summed E-state index contributed by atoms with van der Waals surface area (Å²) in [6.45, 7) is 2.96. The smallest absolute Gasteiger partial charge is 0.118 e. The summed E-state index contributed by atoms with van der Waals surface area (Å²) in [5.41, 5.74) is 3.81. The monoisotopic (exact) mass is 326 g/mol. The van der Waals surface area contributed by atoms with Gasteiger partial charge in [-0.3, -0.25) is 0 Å². The van der Waals surface area contributed by atoms with Crippen LogP contribution in [0, 0.1) is 0 Å². The molecule has 0 amide bonds. The Morgan fingerprint density at radius 2 is 1.76 bits per heavy atom. The zero-order chi connectivity index (χ0) is 13.1. The number of hydrogen-bond acceptors (Lipinski definition) is 3. The Labute approximate surface area is 138 Å². The fraction of sp³-hybridized carbons (Fsp3) is 0.250. The molecule has 1 aliphatic heterocycles. The van der Waals surface area contributed by atoms with Crippen molar-refractivity contribution < 1.29 is 4.74 Å². The lowest BCUT2D eigenvalue weighted by Gasteiger charge is -2.32. The molecule has 2 aromatic carbocycles. The van der Waals surface area contributed by atoms with E-state index in [9.17, 15) is 0 Å². The van der Waals surface area contributed by atoms with Crippen molar-refractivity contribution in [2.24, 2.45) is 0 Å². The molecular formula is C16H20Cl2N2O. The van der Waals surface area contributed by atoms with E-state index in [1.54, 1.807) is 7.11 Å². The third kappa shape index (κ3) is 3.96. The summed E-state index contributed by atoms with van der Waals surface area (Å²) >= 11 is 0. The molecule has 3 rings (SSSR count). The molecule has 1 aliphatic rings. The fourth-order valence-electron chi connectivity index (χ4n) is 2.46. The van der Waals surface area contributed by atoms with Gasteiger partial charge in [0, 0.05) is 19.6 Å². The van der Waals surface area contributed by atoms with Crippen LogP contribution >= 0.6 is 24.8 Å². The molecule has 1 N–H and O–H groups in total. The van der Waals surface area contributed by atoms with E-state index < -0.39 is 0 Å². The summed E-state index contributed by atoms with van der Waals surface area (Å²) in [6, 6.07) is 16.8. The van der Waals surface area contributed by atoms with Crippen molar-refractivity contribution in [2.75, 3.05) is 30.4 Å². The molecule has 5 heteroatoms. The number of nitrogens with zero attached hydrogens (tertiary/aromatic N) is 1. The van der Waals surface area contributed by atoms with Crippen molar-refractivity contribution >= 4 is 36.2 Å². The molecule has 114 valence electrons. The van der Waals surface area contributed by atoms with Crippen molar-refractivity contribution in [3.63, 3.8) is 0 Å². The Morgan fingerprint density at radius 3 is 2.48 bits per heavy atom. The third-order valence-electron chi connectivity index (χ3n) is 3.47. The van der Waals surface area contributed by atoms with Crippen LogP contribution in [0.4, 0.5) is 11.4 Å². The number of benzene rings is 2. The Kier molecular flexibility index (Phi) is 6.66. The highest BCUT2D eigenvalue weighted by Crippen LogP contribution is 2.29. The van der Waals surface area contributed by atoms with Crippen LogP contribution in [-0.4, -0.2) is 20.2 Å². The van der Waals surface area contributed by atoms with E-state index in [1.165, 1.54) is 16.9 Å². The fourth-order valence-corrected chi connectivity index (χ4v) is 2.46. The predicted octanol–water partition coefficient (Wildman–Crippen LogP) is 3.97. The van der Waals surface area contributed by atoms with Gasteiger partial charge in [-0.25, -0.2) is 0 Å². The molecule has 0 saturated carbocycles. The molecule has 2 aromatic rings. The van der Waals surface area contributed by atoms with Crippen molar-refractivity contribution in [3.05, 3.63) is 54.1 Å². The minimum absolute atomic E-state index is 0. The Morgan fingerprint density at radius 1 is 1.05 bits per heavy atom. The van der Waals surface area contributed by atoms with Gasteiger partial charge in [0.15, 0.2) is 0 Å². The van der Waals surface area contributed by atoms with E-state index in [4.69, 9.17) is 4.74 Å². The lowest BCUT2D eigenvalue weighted by molar-refractivity contribution is 0.414. The van der Waals surface area contributed by atoms with Crippen molar-refractivity contribution in [1.82, 2.24) is 0 Å². The molecule has 0 saturated heterocycles. The lowest BCUT2D eigenvalue weighted by atomic mass is 10.1. The minimum Gasteiger partial charge on any atom is -0.497 e. The van der Waals surface area contributed by atoms with Crippen molar-refractivity contribution in [1.29, 1.82) is 0 Å². The molecular weight excluding hydrogens is 307 g/mol. The Bertz CT molecular complexity index is 560. The standard InChI is InChI=1S/C16H18N2O.2ClH/c1-19-14-8-6-13(7-9-14)12-18-11-10-17-15-4-2-3-5-16(15)18;;/h2-9,17H,10-12H2,1H3;2*1H. The van der Waals surface area contributed by atoms with Gasteiger partial charge in [0.1, 0.15) is 5.75 Å². The average Bonchev–Trinajstić information content (AvgIpc) is 2.48. The third-order valence-corrected chi connectivity index (χ3v) is 3.47. The molecule has 0 bridgehead atoms. The number of para-hydroxylation sites is 2. The summed E-state index contributed by atoms with van der Waals surface area (Å²) < 4.78 is 5.19. The van der Waals surface area contributed by atoms with E-state index >= 15 is 0 Å². The van der Waals surface area contributed by atoms with Crippen LogP contribution in [0.2, 0.25) is 0 Å². The second-order valence-electron chi connectivity index (χ2n) is 4.71. The van der Waals surface area contributed by atoms with Crippen molar-refractivity contribution in [2.45, 2.75) is 6.54 Å². The summed E-state index contributed by atoms with van der Waals surface area (Å²) in [7, 11) is 1.70. The van der Waals surface area contributed by atoms with Crippen LogP contribution in [0.15, 0.2) is 48.5 Å². The van der Waals surface area contributed by atoms with Gasteiger partial charge in [-0.05, 0) is 29.8 Å². The number of anilines is 2. The first-order valence-electron chi connectivity index (χ1n) is 6.57. The van der Waals surface area contributed by atoms with Crippen LogP contribution in [0.3, 0.4) is 0 Å². The molecule has 0 radical (unpaired) electrons. The second kappa shape index (κ2) is 8.01. The van der Waals surface area contributed by atoms with Crippen LogP contribution in [0.25, 0.3) is 0 Å². The van der Waals surface area contributed by atoms with Crippen LogP contribution in [-0.2, 0) is 6.54 Å². The number of hydrogen-bond donors (Lipinski definition) is 1. The van der Waals surface area contributed by atoms with Gasteiger partial charge in [-0.1, -0.05) is 24.3 Å². The zero-order valence-electron chi connectivity index (χ0n) is 11.9. The lowest BCUT2D eigenvalue weighted by Crippen LogP contribution is -2.33. The Hall–Kier alpha value is -1.58. The highest BCUT2D eigenvalue weighted by Gasteiger charge is 2.15. The summed E-state index contributed by atoms with van der Waals surface area (Å²) in [5.74, 6) is 0.907. The van der Waals surface area contributed by atoms with Gasteiger partial charge in [0.25, 0.3) is 0 Å². The van der Waals surface area contributed by atoms with Gasteiger partial charge in [0.2, 0.25) is 0 Å². The molecule has 0 aromatic heterocycles. The van der Waals surface area contributed by atoms with Crippen LogP contribution in [0.1, 0.15) is 5.56 Å². The molecule has 0 unspecified atom stereocenters. The summed E-state index contributed by atoms with van der Waals surface area (Å²) in [6.07, 6.45) is 0. The minimum atomic E-state index is 0.